The van der Waals surface area contributed by atoms with Crippen molar-refractivity contribution in [2.24, 2.45) is 0 Å². The third-order valence-electron chi connectivity index (χ3n) is 2.29. The second kappa shape index (κ2) is 7.65. The Hall–Kier alpha value is 0.270. The van der Waals surface area contributed by atoms with Crippen LogP contribution in [-0.4, -0.2) is 37.8 Å². The molecule has 1 unspecified atom stereocenters. The first-order valence-corrected chi connectivity index (χ1v) is 6.43. The highest BCUT2D eigenvalue weighted by Gasteiger charge is 2.14. The number of hydrogen-bond acceptors (Lipinski definition) is 3. The summed E-state index contributed by atoms with van der Waals surface area (Å²) in [6.07, 6.45) is 5.75. The number of thioether (sulfide) groups is 1. The Morgan fingerprint density at radius 2 is 2.38 bits per heavy atom. The molecule has 0 saturated carbocycles. The highest BCUT2D eigenvalue weighted by Crippen LogP contribution is 2.17. The van der Waals surface area contributed by atoms with E-state index >= 15 is 0 Å². The Morgan fingerprint density at radius 1 is 1.46 bits per heavy atom. The van der Waals surface area contributed by atoms with Crippen LogP contribution in [0.5, 0.6) is 0 Å². The van der Waals surface area contributed by atoms with E-state index in [4.69, 9.17) is 4.74 Å². The first-order valence-electron chi connectivity index (χ1n) is 5.27. The van der Waals surface area contributed by atoms with E-state index in [9.17, 15) is 0 Å². The number of hydrogen-bond donors (Lipinski definition) is 1. The van der Waals surface area contributed by atoms with Crippen molar-refractivity contribution in [1.29, 1.82) is 0 Å². The molecule has 0 aliphatic carbocycles. The van der Waals surface area contributed by atoms with Crippen molar-refractivity contribution in [3.63, 3.8) is 0 Å². The number of unbranched alkanes of at least 4 members (excludes halogenated alkanes) is 1. The third-order valence-corrected chi connectivity index (χ3v) is 3.48. The molecule has 1 rings (SSSR count). The van der Waals surface area contributed by atoms with Crippen LogP contribution in [0.2, 0.25) is 0 Å². The van der Waals surface area contributed by atoms with Gasteiger partial charge in [0.25, 0.3) is 0 Å². The average molecular weight is 203 g/mol. The smallest absolute Gasteiger partial charge is 0.0666 e. The van der Waals surface area contributed by atoms with E-state index in [1.54, 1.807) is 0 Å². The summed E-state index contributed by atoms with van der Waals surface area (Å²) >= 11 is 2.05. The van der Waals surface area contributed by atoms with Gasteiger partial charge in [-0.25, -0.2) is 0 Å². The van der Waals surface area contributed by atoms with Gasteiger partial charge in [0.2, 0.25) is 0 Å². The van der Waals surface area contributed by atoms with Crippen LogP contribution in [0.15, 0.2) is 0 Å². The lowest BCUT2D eigenvalue weighted by Gasteiger charge is -2.08. The summed E-state index contributed by atoms with van der Waals surface area (Å²) in [5.74, 6) is 2.50. The summed E-state index contributed by atoms with van der Waals surface area (Å²) in [6, 6.07) is 0. The minimum Gasteiger partial charge on any atom is -0.377 e. The fraction of sp³-hybridized carbons (Fsp3) is 1.00. The highest BCUT2D eigenvalue weighted by atomic mass is 32.2. The molecule has 1 aliphatic heterocycles. The first-order chi connectivity index (χ1) is 6.43. The molecule has 0 aromatic carbocycles. The molecular formula is C10H21NOS. The zero-order valence-electron chi connectivity index (χ0n) is 8.55. The van der Waals surface area contributed by atoms with Crippen LogP contribution >= 0.6 is 11.8 Å². The van der Waals surface area contributed by atoms with Crippen LogP contribution in [0.1, 0.15) is 25.7 Å². The Bertz CT molecular complexity index is 115. The Kier molecular flexibility index (Phi) is 6.68. The maximum absolute atomic E-state index is 5.55. The lowest BCUT2D eigenvalue weighted by atomic mass is 10.3. The molecule has 1 fully saturated rings. The van der Waals surface area contributed by atoms with E-state index in [1.165, 1.54) is 37.2 Å². The third kappa shape index (κ3) is 5.55. The van der Waals surface area contributed by atoms with Crippen LogP contribution in [0.4, 0.5) is 0 Å². The van der Waals surface area contributed by atoms with Gasteiger partial charge >= 0.3 is 0 Å². The minimum absolute atomic E-state index is 0.564. The Morgan fingerprint density at radius 3 is 3.08 bits per heavy atom. The number of nitrogens with one attached hydrogen (secondary N) is 1. The summed E-state index contributed by atoms with van der Waals surface area (Å²) in [5, 5.41) is 3.17. The topological polar surface area (TPSA) is 21.3 Å². The maximum atomic E-state index is 5.55. The van der Waals surface area contributed by atoms with Gasteiger partial charge in [0.05, 0.1) is 6.10 Å². The fourth-order valence-corrected chi connectivity index (χ4v) is 2.60. The SMILES string of the molecule is CNCCCCSCC1CCCO1. The van der Waals surface area contributed by atoms with Crippen LogP contribution in [0.25, 0.3) is 0 Å². The molecule has 1 heterocycles. The molecule has 0 spiro atoms. The summed E-state index contributed by atoms with van der Waals surface area (Å²) in [6.45, 7) is 2.14. The number of rotatable bonds is 7. The normalized spacial score (nSPS) is 22.4. The lowest BCUT2D eigenvalue weighted by molar-refractivity contribution is 0.129. The van der Waals surface area contributed by atoms with Gasteiger partial charge in [-0.3, -0.25) is 0 Å². The molecule has 1 aliphatic rings. The summed E-state index contributed by atoms with van der Waals surface area (Å²) in [7, 11) is 2.01. The molecule has 2 nitrogen and oxygen atoms in total. The van der Waals surface area contributed by atoms with Crippen molar-refractivity contribution >= 4 is 11.8 Å². The van der Waals surface area contributed by atoms with Crippen LogP contribution < -0.4 is 5.32 Å². The first kappa shape index (κ1) is 11.3. The van der Waals surface area contributed by atoms with E-state index in [-0.39, 0.29) is 0 Å². The van der Waals surface area contributed by atoms with Gasteiger partial charge in [0.1, 0.15) is 0 Å². The van der Waals surface area contributed by atoms with Crippen molar-refractivity contribution in [2.45, 2.75) is 31.8 Å². The molecule has 78 valence electrons. The van der Waals surface area contributed by atoms with E-state index in [0.29, 0.717) is 6.10 Å². The largest absolute Gasteiger partial charge is 0.377 e. The maximum Gasteiger partial charge on any atom is 0.0666 e. The van der Waals surface area contributed by atoms with Gasteiger partial charge in [-0.05, 0) is 45.0 Å². The van der Waals surface area contributed by atoms with Crippen LogP contribution in [-0.2, 0) is 4.74 Å². The summed E-state index contributed by atoms with van der Waals surface area (Å²) < 4.78 is 5.55. The van der Waals surface area contributed by atoms with Crippen molar-refractivity contribution in [3.05, 3.63) is 0 Å². The molecular weight excluding hydrogens is 182 g/mol. The fourth-order valence-electron chi connectivity index (χ4n) is 1.50. The predicted molar refractivity (Wildman–Crippen MR) is 59.5 cm³/mol. The molecule has 0 bridgehead atoms. The Labute approximate surface area is 85.8 Å². The molecule has 0 amide bonds. The minimum atomic E-state index is 0.564. The zero-order valence-corrected chi connectivity index (χ0v) is 9.37. The van der Waals surface area contributed by atoms with Crippen molar-refractivity contribution in [3.8, 4) is 0 Å². The van der Waals surface area contributed by atoms with Gasteiger partial charge in [0.15, 0.2) is 0 Å². The standard InChI is InChI=1S/C10H21NOS/c1-11-6-2-3-8-13-9-10-5-4-7-12-10/h10-11H,2-9H2,1H3. The molecule has 0 radical (unpaired) electrons. The van der Waals surface area contributed by atoms with Gasteiger partial charge in [-0.1, -0.05) is 0 Å². The van der Waals surface area contributed by atoms with E-state index in [2.05, 4.69) is 5.32 Å². The van der Waals surface area contributed by atoms with Gasteiger partial charge in [0, 0.05) is 12.4 Å². The van der Waals surface area contributed by atoms with E-state index in [1.807, 2.05) is 18.8 Å². The Balaban J connectivity index is 1.78. The predicted octanol–water partition coefficient (Wildman–Crippen LogP) is 1.90. The van der Waals surface area contributed by atoms with E-state index < -0.39 is 0 Å². The van der Waals surface area contributed by atoms with Gasteiger partial charge in [-0.2, -0.15) is 11.8 Å². The molecule has 0 aromatic rings. The van der Waals surface area contributed by atoms with E-state index in [0.717, 1.165) is 13.2 Å². The van der Waals surface area contributed by atoms with Gasteiger partial charge < -0.3 is 10.1 Å². The van der Waals surface area contributed by atoms with Crippen molar-refractivity contribution in [1.82, 2.24) is 5.32 Å². The van der Waals surface area contributed by atoms with Gasteiger partial charge in [-0.15, -0.1) is 0 Å². The number of ether oxygens (including phenoxy) is 1. The molecule has 1 saturated heterocycles. The monoisotopic (exact) mass is 203 g/mol. The second-order valence-corrected chi connectivity index (χ2v) is 4.67. The second-order valence-electron chi connectivity index (χ2n) is 3.52. The molecule has 0 aromatic heterocycles. The molecule has 1 atom stereocenters. The zero-order chi connectivity index (χ0) is 9.36. The van der Waals surface area contributed by atoms with Crippen LogP contribution in [0.3, 0.4) is 0 Å². The van der Waals surface area contributed by atoms with Crippen LogP contribution in [0, 0.1) is 0 Å². The highest BCUT2D eigenvalue weighted by molar-refractivity contribution is 7.99. The quantitative estimate of drug-likeness (QED) is 0.639. The lowest BCUT2D eigenvalue weighted by Crippen LogP contribution is -2.09. The average Bonchev–Trinajstić information content (AvgIpc) is 2.63. The van der Waals surface area contributed by atoms with Crippen molar-refractivity contribution in [2.75, 3.05) is 31.7 Å². The molecule has 1 N–H and O–H groups in total. The summed E-state index contributed by atoms with van der Waals surface area (Å²) in [4.78, 5) is 0. The molecule has 13 heavy (non-hydrogen) atoms. The summed E-state index contributed by atoms with van der Waals surface area (Å²) in [5.41, 5.74) is 0. The molecule has 3 heteroatoms. The van der Waals surface area contributed by atoms with Crippen molar-refractivity contribution < 1.29 is 4.74 Å².